The Morgan fingerprint density at radius 1 is 1.67 bits per heavy atom. The number of hydrogen-bond acceptors (Lipinski definition) is 3. The minimum absolute atomic E-state index is 0.326. The Morgan fingerprint density at radius 3 is 3.33 bits per heavy atom. The van der Waals surface area contributed by atoms with E-state index in [0.717, 1.165) is 0 Å². The maximum absolute atomic E-state index is 8.29. The highest BCUT2D eigenvalue weighted by atomic mass is 14.8. The first-order chi connectivity index (χ1) is 4.43. The summed E-state index contributed by atoms with van der Waals surface area (Å²) in [6.45, 7) is 0. The Morgan fingerprint density at radius 2 is 2.56 bits per heavy atom. The molecule has 0 amide bonds. The van der Waals surface area contributed by atoms with Crippen molar-refractivity contribution in [2.24, 2.45) is 9.98 Å². The van der Waals surface area contributed by atoms with Crippen LogP contribution in [0.4, 0.5) is 0 Å². The fraction of sp³-hybridized carbons (Fsp3) is 0. The van der Waals surface area contributed by atoms with Gasteiger partial charge in [-0.2, -0.15) is 15.2 Å². The minimum Gasteiger partial charge on any atom is -0.195 e. The number of hydrogen-bond donors (Lipinski definition) is 0. The largest absolute Gasteiger partial charge is 0.195 e. The standard InChI is InChI=1S/C6H3N3/c7-4-6-2-1-3-8-5-9-6/h1-3H. The van der Waals surface area contributed by atoms with Gasteiger partial charge in [-0.05, 0) is 12.2 Å². The summed E-state index contributed by atoms with van der Waals surface area (Å²) in [6.07, 6.45) is 4.74. The summed E-state index contributed by atoms with van der Waals surface area (Å²) in [5.74, 6) is 0. The number of nitrogens with zero attached hydrogens (tertiary/aromatic N) is 3. The third kappa shape index (κ3) is 1.37. The van der Waals surface area contributed by atoms with E-state index >= 15 is 0 Å². The second-order valence-corrected chi connectivity index (χ2v) is 1.35. The molecule has 1 aliphatic rings. The number of nitriles is 1. The van der Waals surface area contributed by atoms with Gasteiger partial charge < -0.3 is 0 Å². The lowest BCUT2D eigenvalue weighted by atomic mass is 10.4. The lowest BCUT2D eigenvalue weighted by molar-refractivity contribution is 1.39. The van der Waals surface area contributed by atoms with Gasteiger partial charge in [-0.1, -0.05) is 0 Å². The topological polar surface area (TPSA) is 48.5 Å². The molecule has 0 unspecified atom stereocenters. The summed E-state index contributed by atoms with van der Waals surface area (Å²) < 4.78 is 0. The Hall–Kier alpha value is -1.65. The van der Waals surface area contributed by atoms with E-state index < -0.39 is 0 Å². The van der Waals surface area contributed by atoms with Crippen molar-refractivity contribution in [1.29, 1.82) is 5.26 Å². The van der Waals surface area contributed by atoms with E-state index in [9.17, 15) is 0 Å². The molecule has 3 heteroatoms. The Kier molecular flexibility index (Phi) is 1.59. The molecule has 0 saturated heterocycles. The SMILES string of the molecule is N#CC1=CC=CN=C=N1. The average molecular weight is 117 g/mol. The molecule has 0 N–H and O–H groups in total. The molecule has 0 aromatic carbocycles. The quantitative estimate of drug-likeness (QED) is 0.468. The molecule has 0 aromatic heterocycles. The zero-order valence-electron chi connectivity index (χ0n) is 4.57. The van der Waals surface area contributed by atoms with Gasteiger partial charge in [-0.15, -0.1) is 0 Å². The van der Waals surface area contributed by atoms with Crippen molar-refractivity contribution in [2.45, 2.75) is 0 Å². The molecule has 1 heterocycles. The molecule has 9 heavy (non-hydrogen) atoms. The fourth-order valence-electron chi connectivity index (χ4n) is 0.393. The monoisotopic (exact) mass is 117 g/mol. The van der Waals surface area contributed by atoms with Crippen LogP contribution in [0.25, 0.3) is 0 Å². The van der Waals surface area contributed by atoms with Crippen LogP contribution >= 0.6 is 0 Å². The van der Waals surface area contributed by atoms with Gasteiger partial charge in [0.25, 0.3) is 0 Å². The maximum Gasteiger partial charge on any atom is 0.152 e. The normalized spacial score (nSPS) is 14.3. The summed E-state index contributed by atoms with van der Waals surface area (Å²) in [7, 11) is 0. The van der Waals surface area contributed by atoms with Crippen LogP contribution in [0.2, 0.25) is 0 Å². The van der Waals surface area contributed by atoms with Crippen molar-refractivity contribution in [3.63, 3.8) is 0 Å². The van der Waals surface area contributed by atoms with Crippen LogP contribution in [-0.2, 0) is 0 Å². The van der Waals surface area contributed by atoms with Crippen molar-refractivity contribution in [2.75, 3.05) is 0 Å². The lowest BCUT2D eigenvalue weighted by Gasteiger charge is -1.73. The van der Waals surface area contributed by atoms with Gasteiger partial charge in [-0.25, -0.2) is 0 Å². The Labute approximate surface area is 52.4 Å². The zero-order chi connectivity index (χ0) is 6.53. The first-order valence-corrected chi connectivity index (χ1v) is 2.36. The van der Waals surface area contributed by atoms with Gasteiger partial charge in [0.2, 0.25) is 0 Å². The molecule has 3 nitrogen and oxygen atoms in total. The smallest absolute Gasteiger partial charge is 0.152 e. The highest BCUT2D eigenvalue weighted by Crippen LogP contribution is 1.95. The van der Waals surface area contributed by atoms with Gasteiger partial charge in [0, 0.05) is 6.20 Å². The first kappa shape index (κ1) is 5.49. The Bertz CT molecular complexity index is 259. The molecule has 1 aliphatic heterocycles. The highest BCUT2D eigenvalue weighted by molar-refractivity contribution is 5.49. The van der Waals surface area contributed by atoms with E-state index in [4.69, 9.17) is 5.26 Å². The van der Waals surface area contributed by atoms with Crippen LogP contribution in [0.15, 0.2) is 34.0 Å². The molecule has 0 radical (unpaired) electrons. The molecule has 42 valence electrons. The molecule has 0 aromatic rings. The fourth-order valence-corrected chi connectivity index (χ4v) is 0.393. The molecule has 0 spiro atoms. The second-order valence-electron chi connectivity index (χ2n) is 1.35. The molecule has 0 atom stereocenters. The average Bonchev–Trinajstić information content (AvgIpc) is 2.13. The van der Waals surface area contributed by atoms with E-state index in [1.807, 2.05) is 6.07 Å². The lowest BCUT2D eigenvalue weighted by Crippen LogP contribution is -1.65. The summed E-state index contributed by atoms with van der Waals surface area (Å²) in [6, 6.07) is 4.19. The first-order valence-electron chi connectivity index (χ1n) is 2.36. The van der Waals surface area contributed by atoms with Crippen LogP contribution in [0.3, 0.4) is 0 Å². The summed E-state index contributed by atoms with van der Waals surface area (Å²) >= 11 is 0. The Balaban J connectivity index is 2.99. The van der Waals surface area contributed by atoms with Crippen molar-refractivity contribution in [3.05, 3.63) is 24.0 Å². The number of allylic oxidation sites excluding steroid dienone is 3. The summed E-state index contributed by atoms with van der Waals surface area (Å²) in [4.78, 5) is 7.13. The zero-order valence-corrected chi connectivity index (χ0v) is 4.57. The third-order valence-electron chi connectivity index (χ3n) is 0.757. The van der Waals surface area contributed by atoms with Crippen molar-refractivity contribution in [1.82, 2.24) is 0 Å². The molecular formula is C6H3N3. The maximum atomic E-state index is 8.29. The van der Waals surface area contributed by atoms with E-state index in [0.29, 0.717) is 5.70 Å². The molecule has 0 saturated carbocycles. The van der Waals surface area contributed by atoms with Crippen LogP contribution in [-0.4, -0.2) is 6.01 Å². The number of rotatable bonds is 0. The summed E-state index contributed by atoms with van der Waals surface area (Å²) in [5, 5.41) is 8.29. The highest BCUT2D eigenvalue weighted by Gasteiger charge is 1.86. The van der Waals surface area contributed by atoms with E-state index in [-0.39, 0.29) is 0 Å². The molecule has 0 fully saturated rings. The third-order valence-corrected chi connectivity index (χ3v) is 0.757. The van der Waals surface area contributed by atoms with E-state index in [2.05, 4.69) is 16.0 Å². The molecule has 0 bridgehead atoms. The second kappa shape index (κ2) is 2.61. The summed E-state index contributed by atoms with van der Waals surface area (Å²) in [5.41, 5.74) is 0.326. The molecular weight excluding hydrogens is 114 g/mol. The van der Waals surface area contributed by atoms with E-state index in [1.54, 1.807) is 12.2 Å². The van der Waals surface area contributed by atoms with Gasteiger partial charge in [0.05, 0.1) is 0 Å². The van der Waals surface area contributed by atoms with Crippen LogP contribution in [0, 0.1) is 11.3 Å². The predicted octanol–water partition coefficient (Wildman–Crippen LogP) is 1.10. The number of aliphatic imine (C=N–C) groups is 2. The van der Waals surface area contributed by atoms with Gasteiger partial charge in [0.1, 0.15) is 12.1 Å². The van der Waals surface area contributed by atoms with Gasteiger partial charge in [-0.3, -0.25) is 0 Å². The van der Waals surface area contributed by atoms with Crippen molar-refractivity contribution >= 4 is 6.01 Å². The van der Waals surface area contributed by atoms with Crippen LogP contribution in [0.5, 0.6) is 0 Å². The molecule has 0 aliphatic carbocycles. The van der Waals surface area contributed by atoms with Crippen molar-refractivity contribution < 1.29 is 0 Å². The van der Waals surface area contributed by atoms with Crippen molar-refractivity contribution in [3.8, 4) is 6.07 Å². The van der Waals surface area contributed by atoms with Gasteiger partial charge in [0.15, 0.2) is 5.70 Å². The van der Waals surface area contributed by atoms with Crippen LogP contribution in [0.1, 0.15) is 0 Å². The predicted molar refractivity (Wildman–Crippen MR) is 32.7 cm³/mol. The minimum atomic E-state index is 0.326. The molecule has 1 rings (SSSR count). The van der Waals surface area contributed by atoms with E-state index in [1.165, 1.54) is 6.20 Å². The van der Waals surface area contributed by atoms with Gasteiger partial charge >= 0.3 is 0 Å². The van der Waals surface area contributed by atoms with Crippen LogP contribution < -0.4 is 0 Å².